The van der Waals surface area contributed by atoms with E-state index in [9.17, 15) is 24.2 Å². The normalized spacial score (nSPS) is 14.8. The second-order valence-corrected chi connectivity index (χ2v) is 18.5. The van der Waals surface area contributed by atoms with E-state index in [0.717, 1.165) is 96.3 Å². The van der Waals surface area contributed by atoms with E-state index in [1.165, 1.54) is 32.1 Å². The predicted octanol–water partition coefficient (Wildman–Crippen LogP) is 12.9. The third kappa shape index (κ3) is 46.6. The number of ether oxygens (including phenoxy) is 2. The van der Waals surface area contributed by atoms with E-state index in [4.69, 9.17) is 18.5 Å². The lowest BCUT2D eigenvalue weighted by atomic mass is 10.1. The fraction of sp³-hybridized carbons (Fsp3) is 0.686. The first kappa shape index (κ1) is 59.1. The maximum absolute atomic E-state index is 12.7. The molecule has 0 aliphatic heterocycles. The van der Waals surface area contributed by atoms with Gasteiger partial charge in [-0.1, -0.05) is 137 Å². The molecule has 1 unspecified atom stereocenters. The van der Waals surface area contributed by atoms with Crippen LogP contribution in [0.2, 0.25) is 0 Å². The molecule has 0 spiro atoms. The van der Waals surface area contributed by atoms with Crippen molar-refractivity contribution in [1.29, 1.82) is 0 Å². The number of esters is 2. The number of aliphatic hydroxyl groups is 1. The number of hydrogen-bond acceptors (Lipinski definition) is 8. The Labute approximate surface area is 378 Å². The van der Waals surface area contributed by atoms with Crippen LogP contribution in [0, 0.1) is 0 Å². The number of unbranched alkanes of at least 4 members (excludes halogenated alkanes) is 12. The number of quaternary nitrogens is 1. The number of carbonyl (C=O) groups is 2. The zero-order chi connectivity index (χ0) is 45.8. The Hall–Kier alpha value is -2.85. The molecule has 356 valence electrons. The summed E-state index contributed by atoms with van der Waals surface area (Å²) in [6, 6.07) is 0. The van der Waals surface area contributed by atoms with Gasteiger partial charge in [0.1, 0.15) is 19.8 Å². The van der Waals surface area contributed by atoms with E-state index in [1.54, 1.807) is 0 Å². The summed E-state index contributed by atoms with van der Waals surface area (Å²) < 4.78 is 34.3. The average Bonchev–Trinajstić information content (AvgIpc) is 3.21. The van der Waals surface area contributed by atoms with Gasteiger partial charge in [-0.15, -0.1) is 0 Å². The van der Waals surface area contributed by atoms with Crippen molar-refractivity contribution in [2.24, 2.45) is 0 Å². The van der Waals surface area contributed by atoms with Crippen molar-refractivity contribution in [3.63, 3.8) is 0 Å². The predicted molar refractivity (Wildman–Crippen MR) is 258 cm³/mol. The monoisotopic (exact) mass is 891 g/mol. The quantitative estimate of drug-likeness (QED) is 0.0202. The van der Waals surface area contributed by atoms with Crippen molar-refractivity contribution in [1.82, 2.24) is 0 Å². The SMILES string of the molecule is CCCCCC/C=C\C/C=C\C/C=C\CCCCCCCCC(=O)O[C@H](COC(=O)CCC/C=C\C/C=C\C/C=C\C/C=C\CCC[C@@H](C)O)COP(=O)(O)OCC[N+](C)(C)C. The summed E-state index contributed by atoms with van der Waals surface area (Å²) in [7, 11) is 1.41. The third-order valence-electron chi connectivity index (χ3n) is 9.67. The summed E-state index contributed by atoms with van der Waals surface area (Å²) in [6.45, 7) is 3.85. The van der Waals surface area contributed by atoms with Crippen LogP contribution in [-0.2, 0) is 32.7 Å². The zero-order valence-electron chi connectivity index (χ0n) is 39.7. The topological polar surface area (TPSA) is 129 Å². The molecule has 0 fully saturated rings. The van der Waals surface area contributed by atoms with Crippen molar-refractivity contribution < 1.29 is 47.2 Å². The minimum absolute atomic E-state index is 0.0104. The molecule has 62 heavy (non-hydrogen) atoms. The van der Waals surface area contributed by atoms with Crippen molar-refractivity contribution in [3.8, 4) is 0 Å². The second-order valence-electron chi connectivity index (χ2n) is 17.1. The molecule has 10 nitrogen and oxygen atoms in total. The molecule has 0 saturated carbocycles. The molecule has 0 rings (SSSR count). The standard InChI is InChI=1S/C51H88NO9P/c1-6-7-8-9-10-11-12-13-14-15-16-17-18-21-25-28-31-34-37-40-43-51(55)61-49(47-60-62(56,57)59-45-44-52(3,4)5)46-58-50(54)42-39-36-33-30-27-24-22-19-20-23-26-29-32-35-38-41-48(2)53/h11-12,14-15,17-18,20,22-24,29-30,32-33,48-49,53H,6-10,13,16,19,21,25-28,31,34-47H2,1-5H3/p+1/b12-11-,15-14-,18-17-,23-20-,24-22-,32-29-,33-30-/t48-,49-/m1/s1. The van der Waals surface area contributed by atoms with E-state index in [1.807, 2.05) is 34.1 Å². The highest BCUT2D eigenvalue weighted by molar-refractivity contribution is 7.47. The number of hydrogen-bond donors (Lipinski definition) is 2. The van der Waals surface area contributed by atoms with Crippen LogP contribution in [0.5, 0.6) is 0 Å². The van der Waals surface area contributed by atoms with Gasteiger partial charge in [-0.3, -0.25) is 18.6 Å². The molecule has 0 heterocycles. The number of phosphoric acid groups is 1. The summed E-state index contributed by atoms with van der Waals surface area (Å²) >= 11 is 0. The Morgan fingerprint density at radius 2 is 1.00 bits per heavy atom. The van der Waals surface area contributed by atoms with Gasteiger partial charge in [0.25, 0.3) is 0 Å². The van der Waals surface area contributed by atoms with Crippen molar-refractivity contribution in [3.05, 3.63) is 85.1 Å². The average molecular weight is 891 g/mol. The van der Waals surface area contributed by atoms with E-state index in [-0.39, 0.29) is 32.2 Å². The number of aliphatic hydroxyl groups excluding tert-OH is 1. The van der Waals surface area contributed by atoms with Gasteiger partial charge in [-0.25, -0.2) is 4.57 Å². The van der Waals surface area contributed by atoms with Gasteiger partial charge >= 0.3 is 19.8 Å². The Bertz CT molecular complexity index is 1340. The molecule has 2 N–H and O–H groups in total. The van der Waals surface area contributed by atoms with E-state index in [2.05, 4.69) is 85.9 Å². The van der Waals surface area contributed by atoms with Gasteiger partial charge in [0.05, 0.1) is 33.9 Å². The van der Waals surface area contributed by atoms with Gasteiger partial charge in [0.2, 0.25) is 0 Å². The van der Waals surface area contributed by atoms with Gasteiger partial charge in [0.15, 0.2) is 6.10 Å². The molecule has 0 aliphatic carbocycles. The highest BCUT2D eigenvalue weighted by atomic mass is 31.2. The minimum atomic E-state index is -4.41. The second kappa shape index (κ2) is 42.1. The Morgan fingerprint density at radius 1 is 0.565 bits per heavy atom. The van der Waals surface area contributed by atoms with E-state index < -0.39 is 32.5 Å². The van der Waals surface area contributed by atoms with Crippen LogP contribution in [0.25, 0.3) is 0 Å². The fourth-order valence-corrected chi connectivity index (χ4v) is 6.65. The number of nitrogens with zero attached hydrogens (tertiary/aromatic N) is 1. The number of likely N-dealkylation sites (N-methyl/N-ethyl adjacent to an activating group) is 1. The molecule has 0 amide bonds. The first-order valence-electron chi connectivity index (χ1n) is 23.8. The first-order chi connectivity index (χ1) is 29.8. The van der Waals surface area contributed by atoms with E-state index in [0.29, 0.717) is 23.9 Å². The third-order valence-corrected chi connectivity index (χ3v) is 10.7. The molecule has 0 bridgehead atoms. The van der Waals surface area contributed by atoms with Gasteiger partial charge in [-0.2, -0.15) is 0 Å². The van der Waals surface area contributed by atoms with Crippen LogP contribution in [0.1, 0.15) is 168 Å². The zero-order valence-corrected chi connectivity index (χ0v) is 40.6. The van der Waals surface area contributed by atoms with Crippen LogP contribution in [-0.4, -0.2) is 86.1 Å². The molecular formula is C51H89NO9P+. The van der Waals surface area contributed by atoms with Crippen molar-refractivity contribution in [2.75, 3.05) is 47.5 Å². The molecule has 0 saturated heterocycles. The molecule has 0 radical (unpaired) electrons. The van der Waals surface area contributed by atoms with Crippen LogP contribution in [0.15, 0.2) is 85.1 Å². The lowest BCUT2D eigenvalue weighted by molar-refractivity contribution is -0.870. The van der Waals surface area contributed by atoms with Crippen molar-refractivity contribution in [2.45, 2.75) is 180 Å². The molecule has 0 aromatic carbocycles. The Balaban J connectivity index is 4.44. The Kier molecular flexibility index (Phi) is 40.2. The highest BCUT2D eigenvalue weighted by Crippen LogP contribution is 2.43. The molecule has 0 aromatic heterocycles. The molecule has 11 heteroatoms. The fourth-order valence-electron chi connectivity index (χ4n) is 5.91. The van der Waals surface area contributed by atoms with Crippen LogP contribution < -0.4 is 0 Å². The molecular weight excluding hydrogens is 802 g/mol. The molecule has 3 atom stereocenters. The summed E-state index contributed by atoms with van der Waals surface area (Å²) in [4.78, 5) is 35.4. The summed E-state index contributed by atoms with van der Waals surface area (Å²) in [6.07, 6.45) is 51.9. The van der Waals surface area contributed by atoms with E-state index >= 15 is 0 Å². The largest absolute Gasteiger partial charge is 0.472 e. The minimum Gasteiger partial charge on any atom is -0.462 e. The number of rotatable bonds is 42. The smallest absolute Gasteiger partial charge is 0.462 e. The first-order valence-corrected chi connectivity index (χ1v) is 25.3. The summed E-state index contributed by atoms with van der Waals surface area (Å²) in [5.41, 5.74) is 0. The lowest BCUT2D eigenvalue weighted by Gasteiger charge is -2.24. The summed E-state index contributed by atoms with van der Waals surface area (Å²) in [5, 5.41) is 9.28. The number of carbonyl (C=O) groups excluding carboxylic acids is 2. The lowest BCUT2D eigenvalue weighted by Crippen LogP contribution is -2.37. The Morgan fingerprint density at radius 3 is 1.50 bits per heavy atom. The number of allylic oxidation sites excluding steroid dienone is 14. The number of phosphoric ester groups is 1. The highest BCUT2D eigenvalue weighted by Gasteiger charge is 2.27. The van der Waals surface area contributed by atoms with Crippen LogP contribution in [0.4, 0.5) is 0 Å². The van der Waals surface area contributed by atoms with Crippen LogP contribution in [0.3, 0.4) is 0 Å². The summed E-state index contributed by atoms with van der Waals surface area (Å²) in [5.74, 6) is -0.902. The van der Waals surface area contributed by atoms with Crippen LogP contribution >= 0.6 is 7.82 Å². The molecule has 0 aliphatic rings. The molecule has 0 aromatic rings. The van der Waals surface area contributed by atoms with Crippen molar-refractivity contribution >= 4 is 19.8 Å². The maximum atomic E-state index is 12.7. The van der Waals surface area contributed by atoms with Gasteiger partial charge in [-0.05, 0) is 103 Å². The van der Waals surface area contributed by atoms with Gasteiger partial charge in [0, 0.05) is 12.8 Å². The maximum Gasteiger partial charge on any atom is 0.472 e. The van der Waals surface area contributed by atoms with Gasteiger partial charge < -0.3 is 24.0 Å².